The van der Waals surface area contributed by atoms with E-state index >= 15 is 0 Å². The van der Waals surface area contributed by atoms with E-state index in [1.165, 1.54) is 5.56 Å². The molecule has 0 aliphatic carbocycles. The van der Waals surface area contributed by atoms with Crippen molar-refractivity contribution in [2.75, 3.05) is 13.1 Å². The van der Waals surface area contributed by atoms with Crippen molar-refractivity contribution in [3.05, 3.63) is 64.7 Å². The van der Waals surface area contributed by atoms with Crippen LogP contribution in [0.15, 0.2) is 42.6 Å². The molecule has 0 unspecified atom stereocenters. The number of imidazole rings is 2. The molecule has 2 amide bonds. The molecule has 10 nitrogen and oxygen atoms in total. The van der Waals surface area contributed by atoms with Crippen molar-refractivity contribution in [3.63, 3.8) is 0 Å². The number of hydrogen-bond donors (Lipinski definition) is 2. The molecule has 3 aromatic heterocycles. The molecular formula is C35H44N6O4S. The molecule has 2 atom stereocenters. The number of carbonyl (C=O) groups excluding carboxylic acids is 2. The summed E-state index contributed by atoms with van der Waals surface area (Å²) in [6.07, 6.45) is 9.95. The lowest BCUT2D eigenvalue weighted by Crippen LogP contribution is -2.36. The Labute approximate surface area is 274 Å². The first kappa shape index (κ1) is 31.8. The first-order chi connectivity index (χ1) is 21.8. The molecule has 4 aromatic rings. The monoisotopic (exact) mass is 644 g/mol. The highest BCUT2D eigenvalue weighted by Crippen LogP contribution is 2.35. The van der Waals surface area contributed by atoms with Gasteiger partial charge < -0.3 is 19.4 Å². The fraction of sp³-hybridized carbons (Fsp3) is 0.486. The van der Waals surface area contributed by atoms with Gasteiger partial charge in [-0.25, -0.2) is 19.6 Å². The second-order valence-corrected chi connectivity index (χ2v) is 15.2. The third kappa shape index (κ3) is 7.30. The van der Waals surface area contributed by atoms with Gasteiger partial charge in [-0.1, -0.05) is 12.1 Å². The van der Waals surface area contributed by atoms with Gasteiger partial charge in [-0.2, -0.15) is 0 Å². The second kappa shape index (κ2) is 12.6. The van der Waals surface area contributed by atoms with Crippen LogP contribution in [-0.2, 0) is 15.9 Å². The molecule has 6 rings (SSSR count). The molecule has 244 valence electrons. The van der Waals surface area contributed by atoms with Gasteiger partial charge >= 0.3 is 12.2 Å². The number of ether oxygens (including phenoxy) is 2. The van der Waals surface area contributed by atoms with E-state index in [1.54, 1.807) is 21.1 Å². The van der Waals surface area contributed by atoms with Gasteiger partial charge in [0.2, 0.25) is 0 Å². The smallest absolute Gasteiger partial charge is 0.410 e. The molecule has 0 bridgehead atoms. The fourth-order valence-corrected chi connectivity index (χ4v) is 6.97. The van der Waals surface area contributed by atoms with Crippen molar-refractivity contribution in [1.29, 1.82) is 0 Å². The maximum Gasteiger partial charge on any atom is 0.410 e. The van der Waals surface area contributed by atoms with E-state index in [1.807, 2.05) is 53.8 Å². The zero-order chi connectivity index (χ0) is 32.6. The molecule has 2 N–H and O–H groups in total. The Morgan fingerprint density at radius 2 is 1.57 bits per heavy atom. The number of aromatic nitrogens is 4. The quantitative estimate of drug-likeness (QED) is 0.218. The van der Waals surface area contributed by atoms with E-state index in [0.29, 0.717) is 13.1 Å². The highest BCUT2D eigenvalue weighted by atomic mass is 32.1. The molecule has 2 fully saturated rings. The Morgan fingerprint density at radius 3 is 2.22 bits per heavy atom. The number of nitrogens with zero attached hydrogens (tertiary/aromatic N) is 4. The Hall–Kier alpha value is -4.12. The van der Waals surface area contributed by atoms with Crippen LogP contribution < -0.4 is 0 Å². The number of hydrogen-bond acceptors (Lipinski definition) is 7. The minimum atomic E-state index is -0.532. The van der Waals surface area contributed by atoms with Gasteiger partial charge in [0, 0.05) is 18.0 Å². The van der Waals surface area contributed by atoms with E-state index in [4.69, 9.17) is 14.5 Å². The summed E-state index contributed by atoms with van der Waals surface area (Å²) in [5.74, 6) is 1.61. The number of rotatable bonds is 6. The topological polar surface area (TPSA) is 116 Å². The molecule has 0 radical (unpaired) electrons. The van der Waals surface area contributed by atoms with E-state index in [2.05, 4.69) is 51.4 Å². The van der Waals surface area contributed by atoms with E-state index < -0.39 is 11.2 Å². The van der Waals surface area contributed by atoms with Crippen LogP contribution in [0.3, 0.4) is 0 Å². The van der Waals surface area contributed by atoms with Crippen LogP contribution in [0.4, 0.5) is 9.59 Å². The van der Waals surface area contributed by atoms with Crippen LogP contribution >= 0.6 is 11.3 Å². The lowest BCUT2D eigenvalue weighted by Gasteiger charge is -2.27. The van der Waals surface area contributed by atoms with Gasteiger partial charge in [-0.05, 0) is 110 Å². The molecule has 2 aliphatic heterocycles. The van der Waals surface area contributed by atoms with Crippen molar-refractivity contribution >= 4 is 40.6 Å². The minimum absolute atomic E-state index is 0.103. The second-order valence-electron chi connectivity index (χ2n) is 14.1. The summed E-state index contributed by atoms with van der Waals surface area (Å²) in [5, 5.41) is 0. The number of H-pyrrole nitrogens is 2. The zero-order valence-electron chi connectivity index (χ0n) is 27.6. The maximum atomic E-state index is 12.8. The fourth-order valence-electron chi connectivity index (χ4n) is 6.07. The molecule has 11 heteroatoms. The van der Waals surface area contributed by atoms with Crippen LogP contribution in [0, 0.1) is 0 Å². The lowest BCUT2D eigenvalue weighted by molar-refractivity contribution is 0.0208. The summed E-state index contributed by atoms with van der Waals surface area (Å²) in [6.45, 7) is 12.7. The number of aromatic amines is 2. The summed E-state index contributed by atoms with van der Waals surface area (Å²) in [6, 6.07) is 10.3. The molecular weight excluding hydrogens is 600 g/mol. The molecule has 0 spiro atoms. The van der Waals surface area contributed by atoms with E-state index in [0.717, 1.165) is 70.2 Å². The van der Waals surface area contributed by atoms with Gasteiger partial charge in [0.15, 0.2) is 0 Å². The molecule has 5 heterocycles. The maximum absolute atomic E-state index is 12.8. The molecule has 2 aliphatic rings. The molecule has 1 aromatic carbocycles. The number of allylic oxidation sites excluding steroid dienone is 1. The third-order valence-corrected chi connectivity index (χ3v) is 9.16. The van der Waals surface area contributed by atoms with Gasteiger partial charge in [0.25, 0.3) is 0 Å². The first-order valence-corrected chi connectivity index (χ1v) is 16.9. The van der Waals surface area contributed by atoms with E-state index in [9.17, 15) is 9.59 Å². The predicted molar refractivity (Wildman–Crippen MR) is 181 cm³/mol. The average molecular weight is 645 g/mol. The van der Waals surface area contributed by atoms with Crippen molar-refractivity contribution in [3.8, 4) is 10.6 Å². The van der Waals surface area contributed by atoms with Crippen molar-refractivity contribution < 1.29 is 19.1 Å². The molecule has 2 saturated heterocycles. The third-order valence-electron chi connectivity index (χ3n) is 8.08. The summed E-state index contributed by atoms with van der Waals surface area (Å²) in [5.41, 5.74) is 2.93. The number of fused-ring (bicyclic) bond motifs is 1. The Balaban J connectivity index is 1.08. The summed E-state index contributed by atoms with van der Waals surface area (Å²) < 4.78 is 11.3. The standard InChI is InChI=1S/C35H44N6O4S/c1-34(2,3)44-32(42)40-18-8-12-27(40)30-36-21-26(39-30)29-17-15-23(46-29)11-7-10-22-14-16-24-25(20-22)38-31(37-24)28-13-9-19-41(28)33(43)45-35(4,5)6/h7,11,14-17,20-21,27-28H,8-10,12-13,18-19H2,1-6H3,(H,36,39)(H,37,38)/b11-7+/t27-,28-/m0/s1. The zero-order valence-corrected chi connectivity index (χ0v) is 28.4. The van der Waals surface area contributed by atoms with Gasteiger partial charge in [-0.3, -0.25) is 9.80 Å². The normalized spacial score (nSPS) is 19.1. The average Bonchev–Trinajstić information content (AvgIpc) is 3.80. The minimum Gasteiger partial charge on any atom is -0.444 e. The number of thiophene rings is 1. The first-order valence-electron chi connectivity index (χ1n) is 16.1. The Kier molecular flexibility index (Phi) is 8.71. The highest BCUT2D eigenvalue weighted by Gasteiger charge is 2.36. The van der Waals surface area contributed by atoms with Crippen LogP contribution in [-0.4, -0.2) is 66.2 Å². The van der Waals surface area contributed by atoms with Crippen LogP contribution in [0.1, 0.15) is 101 Å². The summed E-state index contributed by atoms with van der Waals surface area (Å²) in [4.78, 5) is 47.8. The van der Waals surface area contributed by atoms with Crippen molar-refractivity contribution in [1.82, 2.24) is 29.7 Å². The predicted octanol–water partition coefficient (Wildman–Crippen LogP) is 8.41. The van der Waals surface area contributed by atoms with Crippen LogP contribution in [0.5, 0.6) is 0 Å². The molecule has 0 saturated carbocycles. The largest absolute Gasteiger partial charge is 0.444 e. The summed E-state index contributed by atoms with van der Waals surface area (Å²) in [7, 11) is 0. The van der Waals surface area contributed by atoms with Gasteiger partial charge in [0.05, 0.1) is 39.9 Å². The van der Waals surface area contributed by atoms with Crippen molar-refractivity contribution in [2.45, 2.75) is 96.9 Å². The Morgan fingerprint density at radius 1 is 0.913 bits per heavy atom. The van der Waals surface area contributed by atoms with Crippen LogP contribution in [0.25, 0.3) is 27.7 Å². The number of amides is 2. The Bertz CT molecular complexity index is 1740. The number of nitrogens with one attached hydrogen (secondary N) is 2. The lowest BCUT2D eigenvalue weighted by atomic mass is 10.1. The van der Waals surface area contributed by atoms with E-state index in [-0.39, 0.29) is 24.3 Å². The van der Waals surface area contributed by atoms with Gasteiger partial charge in [0.1, 0.15) is 22.9 Å². The summed E-state index contributed by atoms with van der Waals surface area (Å²) >= 11 is 1.70. The van der Waals surface area contributed by atoms with Crippen molar-refractivity contribution in [2.24, 2.45) is 0 Å². The van der Waals surface area contributed by atoms with Gasteiger partial charge in [-0.15, -0.1) is 11.3 Å². The SMILES string of the molecule is CC(C)(C)OC(=O)N1CCC[C@H]1c1ncc(-c2ccc(/C=C/Cc3ccc4nc([C@@H]5CCCN5C(=O)OC(C)(C)C)[nH]c4c3)s2)[nH]1. The number of benzene rings is 1. The van der Waals surface area contributed by atoms with Crippen LogP contribution in [0.2, 0.25) is 0 Å². The molecule has 46 heavy (non-hydrogen) atoms. The highest BCUT2D eigenvalue weighted by molar-refractivity contribution is 7.16. The number of carbonyl (C=O) groups is 2. The number of likely N-dealkylation sites (tertiary alicyclic amines) is 2.